The highest BCUT2D eigenvalue weighted by atomic mass is 32.2. The Balaban J connectivity index is 1.52. The predicted molar refractivity (Wildman–Crippen MR) is 108 cm³/mol. The zero-order valence-electron chi connectivity index (χ0n) is 16.2. The van der Waals surface area contributed by atoms with Crippen LogP contribution in [0.1, 0.15) is 38.4 Å². The van der Waals surface area contributed by atoms with Crippen molar-refractivity contribution in [1.82, 2.24) is 14.9 Å². The smallest absolute Gasteiger partial charge is 0.350 e. The highest BCUT2D eigenvalue weighted by molar-refractivity contribution is 7.89. The van der Waals surface area contributed by atoms with E-state index in [-0.39, 0.29) is 28.4 Å². The summed E-state index contributed by atoms with van der Waals surface area (Å²) >= 11 is 1.01. The maximum Gasteiger partial charge on any atom is 0.416 e. The second kappa shape index (κ2) is 9.37. The molecule has 0 saturated carbocycles. The van der Waals surface area contributed by atoms with Crippen LogP contribution in [0.25, 0.3) is 0 Å². The van der Waals surface area contributed by atoms with Gasteiger partial charge in [0.25, 0.3) is 11.8 Å². The van der Waals surface area contributed by atoms with Crippen LogP contribution in [0.4, 0.5) is 13.2 Å². The van der Waals surface area contributed by atoms with Crippen LogP contribution in [0.5, 0.6) is 0 Å². The first-order chi connectivity index (χ1) is 14.6. The number of nitrogens with zero attached hydrogens (tertiary/aromatic N) is 1. The molecule has 1 aliphatic rings. The van der Waals surface area contributed by atoms with Gasteiger partial charge in [-0.25, -0.2) is 8.42 Å². The molecule has 1 fully saturated rings. The van der Waals surface area contributed by atoms with Crippen LogP contribution in [0, 0.1) is 0 Å². The maximum atomic E-state index is 12.7. The average molecular weight is 476 g/mol. The van der Waals surface area contributed by atoms with Gasteiger partial charge in [-0.3, -0.25) is 9.59 Å². The van der Waals surface area contributed by atoms with E-state index in [1.54, 1.807) is 0 Å². The lowest BCUT2D eigenvalue weighted by Gasteiger charge is -2.15. The van der Waals surface area contributed by atoms with Crippen molar-refractivity contribution in [1.29, 1.82) is 0 Å². The monoisotopic (exact) mass is 475 g/mol. The summed E-state index contributed by atoms with van der Waals surface area (Å²) in [5, 5.41) is 6.57. The normalized spacial score (nSPS) is 15.1. The molecule has 1 saturated heterocycles. The number of nitrogens with one attached hydrogen (secondary N) is 2. The average Bonchev–Trinajstić information content (AvgIpc) is 3.43. The topological polar surface area (TPSA) is 95.6 Å². The van der Waals surface area contributed by atoms with Crippen molar-refractivity contribution in [2.75, 3.05) is 26.2 Å². The molecule has 1 aromatic heterocycles. The number of amides is 2. The Bertz CT molecular complexity index is 1040. The first kappa shape index (κ1) is 23.2. The fraction of sp³-hybridized carbons (Fsp3) is 0.368. The molecule has 2 amide bonds. The molecule has 0 spiro atoms. The zero-order valence-corrected chi connectivity index (χ0v) is 17.9. The Morgan fingerprint density at radius 3 is 2.13 bits per heavy atom. The molecule has 2 heterocycles. The predicted octanol–water partition coefficient (Wildman–Crippen LogP) is 2.71. The van der Waals surface area contributed by atoms with E-state index in [0.29, 0.717) is 13.1 Å². The number of benzene rings is 1. The highest BCUT2D eigenvalue weighted by Gasteiger charge is 2.32. The third-order valence-electron chi connectivity index (χ3n) is 4.69. The fourth-order valence-corrected chi connectivity index (χ4v) is 5.91. The maximum absolute atomic E-state index is 12.7. The number of hydrogen-bond donors (Lipinski definition) is 2. The molecule has 2 N–H and O–H groups in total. The first-order valence-corrected chi connectivity index (χ1v) is 11.7. The lowest BCUT2D eigenvalue weighted by Crippen LogP contribution is -2.35. The van der Waals surface area contributed by atoms with Gasteiger partial charge in [0, 0.05) is 31.7 Å². The van der Waals surface area contributed by atoms with E-state index in [9.17, 15) is 31.2 Å². The third kappa shape index (κ3) is 5.43. The van der Waals surface area contributed by atoms with Crippen molar-refractivity contribution < 1.29 is 31.2 Å². The second-order valence-electron chi connectivity index (χ2n) is 6.81. The quantitative estimate of drug-likeness (QED) is 0.602. The van der Waals surface area contributed by atoms with Crippen LogP contribution in [-0.4, -0.2) is 50.7 Å². The molecular formula is C19H20F3N3O4S2. The van der Waals surface area contributed by atoms with E-state index >= 15 is 0 Å². The largest absolute Gasteiger partial charge is 0.416 e. The van der Waals surface area contributed by atoms with E-state index in [1.807, 2.05) is 0 Å². The van der Waals surface area contributed by atoms with Crippen molar-refractivity contribution in [3.63, 3.8) is 0 Å². The van der Waals surface area contributed by atoms with Gasteiger partial charge in [0.05, 0.1) is 5.56 Å². The van der Waals surface area contributed by atoms with E-state index in [4.69, 9.17) is 0 Å². The minimum absolute atomic E-state index is 0.0190. The molecule has 1 aromatic carbocycles. The summed E-state index contributed by atoms with van der Waals surface area (Å²) in [5.41, 5.74) is -0.802. The number of alkyl halides is 3. The summed E-state index contributed by atoms with van der Waals surface area (Å²) in [6.45, 7) is 0.891. The Morgan fingerprint density at radius 2 is 1.55 bits per heavy atom. The molecule has 31 heavy (non-hydrogen) atoms. The molecule has 12 heteroatoms. The zero-order chi connectivity index (χ0) is 22.6. The molecule has 1 aliphatic heterocycles. The van der Waals surface area contributed by atoms with Crippen LogP contribution in [0.2, 0.25) is 0 Å². The number of halogens is 3. The lowest BCUT2D eigenvalue weighted by molar-refractivity contribution is -0.137. The van der Waals surface area contributed by atoms with Gasteiger partial charge in [0.15, 0.2) is 0 Å². The summed E-state index contributed by atoms with van der Waals surface area (Å²) in [5.74, 6) is -1.16. The molecule has 0 aliphatic carbocycles. The van der Waals surface area contributed by atoms with Crippen LogP contribution in [0.15, 0.2) is 40.6 Å². The summed E-state index contributed by atoms with van der Waals surface area (Å²) in [7, 11) is -3.73. The summed E-state index contributed by atoms with van der Waals surface area (Å²) < 4.78 is 64.5. The minimum Gasteiger partial charge on any atom is -0.350 e. The van der Waals surface area contributed by atoms with Crippen LogP contribution < -0.4 is 10.6 Å². The molecule has 7 nitrogen and oxygen atoms in total. The summed E-state index contributed by atoms with van der Waals surface area (Å²) in [6.07, 6.45) is -2.92. The third-order valence-corrected chi connectivity index (χ3v) is 7.67. The Hall–Kier alpha value is -2.44. The molecule has 3 rings (SSSR count). The van der Waals surface area contributed by atoms with Gasteiger partial charge in [-0.15, -0.1) is 11.3 Å². The number of thiophene rings is 1. The van der Waals surface area contributed by atoms with Crippen LogP contribution >= 0.6 is 11.3 Å². The molecule has 0 bridgehead atoms. The number of rotatable bonds is 7. The van der Waals surface area contributed by atoms with Crippen molar-refractivity contribution in [3.05, 3.63) is 51.7 Å². The number of carbonyl (C=O) groups excluding carboxylic acids is 2. The number of carbonyl (C=O) groups is 2. The summed E-state index contributed by atoms with van der Waals surface area (Å²) in [6, 6.07) is 5.17. The fourth-order valence-electron chi connectivity index (χ4n) is 3.08. The van der Waals surface area contributed by atoms with Gasteiger partial charge in [-0.1, -0.05) is 0 Å². The van der Waals surface area contributed by atoms with E-state index < -0.39 is 33.6 Å². The van der Waals surface area contributed by atoms with Crippen molar-refractivity contribution >= 4 is 33.2 Å². The van der Waals surface area contributed by atoms with E-state index in [2.05, 4.69) is 10.6 Å². The van der Waals surface area contributed by atoms with Crippen LogP contribution in [0.3, 0.4) is 0 Å². The van der Waals surface area contributed by atoms with E-state index in [0.717, 1.165) is 48.4 Å². The lowest BCUT2D eigenvalue weighted by atomic mass is 10.1. The van der Waals surface area contributed by atoms with Gasteiger partial charge < -0.3 is 10.6 Å². The minimum atomic E-state index is -4.48. The van der Waals surface area contributed by atoms with Gasteiger partial charge in [0.2, 0.25) is 10.0 Å². The van der Waals surface area contributed by atoms with Crippen molar-refractivity contribution in [2.45, 2.75) is 23.9 Å². The van der Waals surface area contributed by atoms with Gasteiger partial charge in [-0.2, -0.15) is 17.5 Å². The highest BCUT2D eigenvalue weighted by Crippen LogP contribution is 2.29. The molecule has 168 valence electrons. The Labute approximate surface area is 181 Å². The van der Waals surface area contributed by atoms with Crippen molar-refractivity contribution in [3.8, 4) is 0 Å². The number of sulfonamides is 1. The standard InChI is InChI=1S/C19H20F3N3O4S2/c20-19(21,22)14-5-3-13(4-6-14)17(26)23-8-9-24-18(27)16-15(7-12-30-16)31(28,29)25-10-1-2-11-25/h3-7,12H,1-2,8-11H2,(H,23,26)(H,24,27). The first-order valence-electron chi connectivity index (χ1n) is 9.42. The van der Waals surface area contributed by atoms with Crippen molar-refractivity contribution in [2.24, 2.45) is 0 Å². The Morgan fingerprint density at radius 1 is 0.968 bits per heavy atom. The Kier molecular flexibility index (Phi) is 7.02. The molecule has 0 unspecified atom stereocenters. The SMILES string of the molecule is O=C(NCCNC(=O)c1sccc1S(=O)(=O)N1CCCC1)c1ccc(C(F)(F)F)cc1. The molecule has 2 aromatic rings. The second-order valence-corrected chi connectivity index (χ2v) is 9.63. The van der Waals surface area contributed by atoms with Gasteiger partial charge in [-0.05, 0) is 48.6 Å². The molecule has 0 radical (unpaired) electrons. The van der Waals surface area contributed by atoms with Gasteiger partial charge >= 0.3 is 6.18 Å². The molecule has 0 atom stereocenters. The molecular weight excluding hydrogens is 455 g/mol. The summed E-state index contributed by atoms with van der Waals surface area (Å²) in [4.78, 5) is 24.5. The van der Waals surface area contributed by atoms with Gasteiger partial charge in [0.1, 0.15) is 9.77 Å². The van der Waals surface area contributed by atoms with Crippen LogP contribution in [-0.2, 0) is 16.2 Å². The number of hydrogen-bond acceptors (Lipinski definition) is 5. The van der Waals surface area contributed by atoms with E-state index in [1.165, 1.54) is 15.8 Å².